The van der Waals surface area contributed by atoms with Gasteiger partial charge in [0.15, 0.2) is 0 Å². The molecule has 1 N–H and O–H groups in total. The second kappa shape index (κ2) is 4.78. The Labute approximate surface area is 104 Å². The third-order valence-corrected chi connectivity index (χ3v) is 3.93. The Morgan fingerprint density at radius 2 is 2.12 bits per heavy atom. The number of nitrogens with one attached hydrogen (secondary N) is 1. The van der Waals surface area contributed by atoms with Crippen LogP contribution in [0.15, 0.2) is 0 Å². The van der Waals surface area contributed by atoms with E-state index in [-0.39, 0.29) is 0 Å². The first-order valence-corrected chi connectivity index (χ1v) is 6.48. The van der Waals surface area contributed by atoms with Crippen molar-refractivity contribution in [2.45, 2.75) is 39.8 Å². The van der Waals surface area contributed by atoms with E-state index in [1.54, 1.807) is 0 Å². The van der Waals surface area contributed by atoms with Crippen molar-refractivity contribution in [2.24, 2.45) is 7.05 Å². The number of hydrogen-bond donors (Lipinski definition) is 1. The van der Waals surface area contributed by atoms with E-state index >= 15 is 0 Å². The van der Waals surface area contributed by atoms with Crippen molar-refractivity contribution < 1.29 is 0 Å². The van der Waals surface area contributed by atoms with Gasteiger partial charge >= 0.3 is 0 Å². The molecule has 1 aromatic heterocycles. The van der Waals surface area contributed by atoms with Gasteiger partial charge in [-0.15, -0.1) is 0 Å². The second-order valence-electron chi connectivity index (χ2n) is 5.23. The smallest absolute Gasteiger partial charge is 0.0644 e. The summed E-state index contributed by atoms with van der Waals surface area (Å²) in [4.78, 5) is 2.55. The lowest BCUT2D eigenvalue weighted by Crippen LogP contribution is -2.49. The van der Waals surface area contributed by atoms with Gasteiger partial charge in [0.2, 0.25) is 0 Å². The molecule has 2 atom stereocenters. The minimum absolute atomic E-state index is 0.466. The van der Waals surface area contributed by atoms with E-state index in [0.717, 1.165) is 19.6 Å². The highest BCUT2D eigenvalue weighted by Crippen LogP contribution is 2.26. The normalized spacial score (nSPS) is 23.9. The van der Waals surface area contributed by atoms with Crippen LogP contribution in [-0.4, -0.2) is 40.4 Å². The molecule has 1 fully saturated rings. The van der Waals surface area contributed by atoms with Gasteiger partial charge in [-0.25, -0.2) is 0 Å². The van der Waals surface area contributed by atoms with Crippen molar-refractivity contribution in [3.05, 3.63) is 17.0 Å². The van der Waals surface area contributed by atoms with Crippen molar-refractivity contribution >= 4 is 0 Å². The van der Waals surface area contributed by atoms with Crippen LogP contribution in [-0.2, 0) is 7.05 Å². The minimum Gasteiger partial charge on any atom is -0.312 e. The van der Waals surface area contributed by atoms with Crippen LogP contribution in [0.25, 0.3) is 0 Å². The molecule has 2 rings (SSSR count). The summed E-state index contributed by atoms with van der Waals surface area (Å²) in [6, 6.07) is 1.05. The molecule has 0 radical (unpaired) electrons. The molecule has 1 saturated heterocycles. The molecule has 4 nitrogen and oxygen atoms in total. The van der Waals surface area contributed by atoms with Gasteiger partial charge in [0.1, 0.15) is 0 Å². The van der Waals surface area contributed by atoms with E-state index in [9.17, 15) is 0 Å². The van der Waals surface area contributed by atoms with E-state index in [1.807, 2.05) is 11.7 Å². The molecule has 0 aromatic carbocycles. The van der Waals surface area contributed by atoms with Gasteiger partial charge < -0.3 is 5.32 Å². The first-order valence-electron chi connectivity index (χ1n) is 6.48. The standard InChI is InChI=1S/C13H24N4/c1-9-8-17(7-6-14-9)12(4)13-10(2)15-16(5)11(13)3/h9,12,14H,6-8H2,1-5H3. The molecule has 0 spiro atoms. The van der Waals surface area contributed by atoms with Gasteiger partial charge in [0, 0.05) is 50.0 Å². The Bertz CT molecular complexity index is 396. The monoisotopic (exact) mass is 236 g/mol. The highest BCUT2D eigenvalue weighted by Gasteiger charge is 2.25. The lowest BCUT2D eigenvalue weighted by atomic mass is 10.0. The van der Waals surface area contributed by atoms with Crippen molar-refractivity contribution in [1.82, 2.24) is 20.0 Å². The summed E-state index contributed by atoms with van der Waals surface area (Å²) in [5, 5.41) is 8.01. The summed E-state index contributed by atoms with van der Waals surface area (Å²) in [6.45, 7) is 12.2. The van der Waals surface area contributed by atoms with E-state index < -0.39 is 0 Å². The van der Waals surface area contributed by atoms with Crippen LogP contribution in [0.3, 0.4) is 0 Å². The highest BCUT2D eigenvalue weighted by molar-refractivity contribution is 5.27. The van der Waals surface area contributed by atoms with Crippen LogP contribution in [0.4, 0.5) is 0 Å². The number of nitrogens with zero attached hydrogens (tertiary/aromatic N) is 3. The quantitative estimate of drug-likeness (QED) is 0.842. The molecule has 1 aliphatic heterocycles. The topological polar surface area (TPSA) is 33.1 Å². The van der Waals surface area contributed by atoms with Gasteiger partial charge in [-0.2, -0.15) is 5.10 Å². The Hall–Kier alpha value is -0.870. The SMILES string of the molecule is Cc1nn(C)c(C)c1C(C)N1CCNC(C)C1. The van der Waals surface area contributed by atoms with Crippen molar-refractivity contribution in [3.8, 4) is 0 Å². The van der Waals surface area contributed by atoms with Crippen LogP contribution in [0.5, 0.6) is 0 Å². The maximum absolute atomic E-state index is 4.52. The Kier molecular flexibility index (Phi) is 3.54. The summed E-state index contributed by atoms with van der Waals surface area (Å²) >= 11 is 0. The molecule has 1 aromatic rings. The van der Waals surface area contributed by atoms with Crippen LogP contribution in [0.2, 0.25) is 0 Å². The number of piperazine rings is 1. The fraction of sp³-hybridized carbons (Fsp3) is 0.769. The molecule has 2 heterocycles. The maximum Gasteiger partial charge on any atom is 0.0644 e. The molecule has 4 heteroatoms. The van der Waals surface area contributed by atoms with Gasteiger partial charge in [-0.1, -0.05) is 0 Å². The summed E-state index contributed by atoms with van der Waals surface area (Å²) in [5.74, 6) is 0. The van der Waals surface area contributed by atoms with Gasteiger partial charge in [-0.3, -0.25) is 9.58 Å². The maximum atomic E-state index is 4.52. The summed E-state index contributed by atoms with van der Waals surface area (Å²) in [5.41, 5.74) is 3.87. The molecule has 0 bridgehead atoms. The highest BCUT2D eigenvalue weighted by atomic mass is 15.3. The van der Waals surface area contributed by atoms with E-state index in [0.29, 0.717) is 12.1 Å². The molecule has 0 aliphatic carbocycles. The molecule has 2 unspecified atom stereocenters. The van der Waals surface area contributed by atoms with Gasteiger partial charge in [0.05, 0.1) is 5.69 Å². The predicted molar refractivity (Wildman–Crippen MR) is 70.1 cm³/mol. The number of aromatic nitrogens is 2. The number of aryl methyl sites for hydroxylation is 2. The average Bonchev–Trinajstić information content (AvgIpc) is 2.52. The van der Waals surface area contributed by atoms with E-state index in [2.05, 4.69) is 43.0 Å². The van der Waals surface area contributed by atoms with Crippen molar-refractivity contribution in [3.63, 3.8) is 0 Å². The third kappa shape index (κ3) is 2.38. The molecule has 0 amide bonds. The largest absolute Gasteiger partial charge is 0.312 e. The molecular weight excluding hydrogens is 212 g/mol. The van der Waals surface area contributed by atoms with Crippen LogP contribution < -0.4 is 5.32 Å². The molecule has 1 aliphatic rings. The van der Waals surface area contributed by atoms with Crippen molar-refractivity contribution in [2.75, 3.05) is 19.6 Å². The number of hydrogen-bond acceptors (Lipinski definition) is 3. The predicted octanol–water partition coefficient (Wildman–Crippen LogP) is 1.39. The first-order chi connectivity index (χ1) is 8.00. The van der Waals surface area contributed by atoms with Crippen LogP contribution in [0.1, 0.15) is 36.8 Å². The van der Waals surface area contributed by atoms with Gasteiger partial charge in [-0.05, 0) is 27.7 Å². The second-order valence-corrected chi connectivity index (χ2v) is 5.23. The zero-order valence-corrected chi connectivity index (χ0v) is 11.6. The molecule has 17 heavy (non-hydrogen) atoms. The summed E-state index contributed by atoms with van der Waals surface area (Å²) in [6.07, 6.45) is 0. The molecule has 0 saturated carbocycles. The minimum atomic E-state index is 0.466. The van der Waals surface area contributed by atoms with E-state index in [1.165, 1.54) is 17.0 Å². The summed E-state index contributed by atoms with van der Waals surface area (Å²) in [7, 11) is 2.03. The lowest BCUT2D eigenvalue weighted by Gasteiger charge is -2.36. The Morgan fingerprint density at radius 3 is 2.65 bits per heavy atom. The van der Waals surface area contributed by atoms with E-state index in [4.69, 9.17) is 0 Å². The average molecular weight is 236 g/mol. The summed E-state index contributed by atoms with van der Waals surface area (Å²) < 4.78 is 1.99. The first kappa shape index (κ1) is 12.6. The van der Waals surface area contributed by atoms with Crippen LogP contribution >= 0.6 is 0 Å². The molecule has 96 valence electrons. The third-order valence-electron chi connectivity index (χ3n) is 3.93. The zero-order chi connectivity index (χ0) is 12.6. The molecular formula is C13H24N4. The fourth-order valence-electron chi connectivity index (χ4n) is 2.89. The lowest BCUT2D eigenvalue weighted by molar-refractivity contribution is 0.158. The Morgan fingerprint density at radius 1 is 1.41 bits per heavy atom. The van der Waals surface area contributed by atoms with Crippen molar-refractivity contribution in [1.29, 1.82) is 0 Å². The van der Waals surface area contributed by atoms with Gasteiger partial charge in [0.25, 0.3) is 0 Å². The number of rotatable bonds is 2. The van der Waals surface area contributed by atoms with Crippen LogP contribution in [0, 0.1) is 13.8 Å². The fourth-order valence-corrected chi connectivity index (χ4v) is 2.89. The zero-order valence-electron chi connectivity index (χ0n) is 11.6. The Balaban J connectivity index is 2.21.